The van der Waals surface area contributed by atoms with E-state index in [2.05, 4.69) is 9.46 Å². The number of fused-ring (bicyclic) bond motifs is 1. The Balaban J connectivity index is 2.15. The zero-order chi connectivity index (χ0) is 20.5. The Morgan fingerprint density at radius 3 is 2.64 bits per heavy atom. The Morgan fingerprint density at radius 2 is 2.00 bits per heavy atom. The molecule has 1 heterocycles. The lowest BCUT2D eigenvalue weighted by Crippen LogP contribution is -2.13. The predicted octanol–water partition coefficient (Wildman–Crippen LogP) is 2.83. The minimum Gasteiger partial charge on any atom is -0.468 e. The molecule has 3 aromatic rings. The molecule has 10 heteroatoms. The number of carbonyl (C=O) groups is 1. The van der Waals surface area contributed by atoms with Crippen molar-refractivity contribution in [3.8, 4) is 0 Å². The standard InChI is InChI=1S/C18H17N3O6S/c1-12-4-3-5-13(8-12)19-28(25,26)17-10-20(11-18(22)27-2)16-7-6-14(21(23)24)9-15(16)17/h3-10,19H,11H2,1-2H3. The molecule has 0 spiro atoms. The first-order valence-corrected chi connectivity index (χ1v) is 9.63. The molecule has 0 unspecified atom stereocenters. The number of anilines is 1. The lowest BCUT2D eigenvalue weighted by Gasteiger charge is -2.07. The summed E-state index contributed by atoms with van der Waals surface area (Å²) >= 11 is 0. The fraction of sp³-hybridized carbons (Fsp3) is 0.167. The average Bonchev–Trinajstić information content (AvgIpc) is 3.00. The van der Waals surface area contributed by atoms with Gasteiger partial charge in [-0.2, -0.15) is 0 Å². The van der Waals surface area contributed by atoms with Gasteiger partial charge >= 0.3 is 5.97 Å². The summed E-state index contributed by atoms with van der Waals surface area (Å²) in [5.41, 5.74) is 1.33. The highest BCUT2D eigenvalue weighted by Crippen LogP contribution is 2.30. The molecule has 0 aliphatic rings. The first-order chi connectivity index (χ1) is 13.2. The number of nitrogens with one attached hydrogen (secondary N) is 1. The molecule has 9 nitrogen and oxygen atoms in total. The molecule has 28 heavy (non-hydrogen) atoms. The van der Waals surface area contributed by atoms with Gasteiger partial charge in [-0.3, -0.25) is 19.6 Å². The predicted molar refractivity (Wildman–Crippen MR) is 103 cm³/mol. The highest BCUT2D eigenvalue weighted by Gasteiger charge is 2.24. The summed E-state index contributed by atoms with van der Waals surface area (Å²) in [5, 5.41) is 11.3. The fourth-order valence-corrected chi connectivity index (χ4v) is 4.10. The van der Waals surface area contributed by atoms with Crippen molar-refractivity contribution in [1.82, 2.24) is 4.57 Å². The van der Waals surface area contributed by atoms with Crippen LogP contribution in [0.3, 0.4) is 0 Å². The van der Waals surface area contributed by atoms with E-state index in [4.69, 9.17) is 0 Å². The number of aryl methyl sites for hydroxylation is 1. The number of sulfonamides is 1. The van der Waals surface area contributed by atoms with Gasteiger partial charge in [0.1, 0.15) is 11.4 Å². The van der Waals surface area contributed by atoms with Crippen molar-refractivity contribution in [3.63, 3.8) is 0 Å². The van der Waals surface area contributed by atoms with Crippen molar-refractivity contribution >= 4 is 38.3 Å². The molecular formula is C18H17N3O6S. The summed E-state index contributed by atoms with van der Waals surface area (Å²) < 4.78 is 34.4. The van der Waals surface area contributed by atoms with Crippen molar-refractivity contribution < 1.29 is 22.9 Å². The molecule has 0 amide bonds. The van der Waals surface area contributed by atoms with Crippen LogP contribution in [0.15, 0.2) is 53.6 Å². The van der Waals surface area contributed by atoms with Crippen LogP contribution in [0, 0.1) is 17.0 Å². The maximum Gasteiger partial charge on any atom is 0.325 e. The summed E-state index contributed by atoms with van der Waals surface area (Å²) in [5.74, 6) is -0.578. The van der Waals surface area contributed by atoms with Gasteiger partial charge in [0, 0.05) is 29.4 Å². The minimum absolute atomic E-state index is 0.137. The minimum atomic E-state index is -4.07. The van der Waals surface area contributed by atoms with Crippen LogP contribution in [-0.4, -0.2) is 31.0 Å². The number of ether oxygens (including phenoxy) is 1. The first kappa shape index (κ1) is 19.4. The van der Waals surface area contributed by atoms with E-state index in [1.54, 1.807) is 18.2 Å². The number of nitrogens with zero attached hydrogens (tertiary/aromatic N) is 2. The van der Waals surface area contributed by atoms with Gasteiger partial charge in [0.2, 0.25) is 0 Å². The highest BCUT2D eigenvalue weighted by molar-refractivity contribution is 7.93. The summed E-state index contributed by atoms with van der Waals surface area (Å²) in [6.07, 6.45) is 1.27. The molecule has 0 bridgehead atoms. The van der Waals surface area contributed by atoms with Crippen molar-refractivity contribution in [3.05, 3.63) is 64.3 Å². The number of nitro benzene ring substituents is 1. The van der Waals surface area contributed by atoms with Crippen molar-refractivity contribution in [2.75, 3.05) is 11.8 Å². The lowest BCUT2D eigenvalue weighted by molar-refractivity contribution is -0.384. The molecular weight excluding hydrogens is 386 g/mol. The molecule has 0 atom stereocenters. The van der Waals surface area contributed by atoms with Gasteiger partial charge in [0.15, 0.2) is 0 Å². The smallest absolute Gasteiger partial charge is 0.325 e. The second-order valence-corrected chi connectivity index (χ2v) is 7.78. The number of nitro groups is 1. The van der Waals surface area contributed by atoms with Crippen LogP contribution in [0.1, 0.15) is 5.56 Å². The molecule has 0 radical (unpaired) electrons. The van der Waals surface area contributed by atoms with Gasteiger partial charge < -0.3 is 9.30 Å². The summed E-state index contributed by atoms with van der Waals surface area (Å²) in [4.78, 5) is 22.0. The van der Waals surface area contributed by atoms with E-state index in [1.165, 1.54) is 36.1 Å². The molecule has 0 saturated carbocycles. The van der Waals surface area contributed by atoms with E-state index in [1.807, 2.05) is 13.0 Å². The Labute approximate surface area is 160 Å². The molecule has 0 aliphatic carbocycles. The third-order valence-electron chi connectivity index (χ3n) is 4.13. The second-order valence-electron chi connectivity index (χ2n) is 6.13. The summed E-state index contributed by atoms with van der Waals surface area (Å²) in [6.45, 7) is 1.59. The van der Waals surface area contributed by atoms with E-state index >= 15 is 0 Å². The molecule has 1 N–H and O–H groups in total. The van der Waals surface area contributed by atoms with Crippen LogP contribution in [0.4, 0.5) is 11.4 Å². The zero-order valence-electron chi connectivity index (χ0n) is 15.1. The average molecular weight is 403 g/mol. The number of hydrogen-bond acceptors (Lipinski definition) is 6. The number of benzene rings is 2. The number of aromatic nitrogens is 1. The molecule has 1 aromatic heterocycles. The van der Waals surface area contributed by atoms with Crippen molar-refractivity contribution in [2.45, 2.75) is 18.4 Å². The van der Waals surface area contributed by atoms with Gasteiger partial charge in [-0.1, -0.05) is 12.1 Å². The summed E-state index contributed by atoms with van der Waals surface area (Å²) in [6, 6.07) is 10.6. The molecule has 146 valence electrons. The molecule has 0 saturated heterocycles. The van der Waals surface area contributed by atoms with E-state index in [9.17, 15) is 23.3 Å². The number of non-ortho nitro benzene ring substituents is 1. The molecule has 3 rings (SSSR count). The largest absolute Gasteiger partial charge is 0.468 e. The Kier molecular flexibility index (Phi) is 5.06. The summed E-state index contributed by atoms with van der Waals surface area (Å²) in [7, 11) is -2.85. The SMILES string of the molecule is COC(=O)Cn1cc(S(=O)(=O)Nc2cccc(C)c2)c2cc([N+](=O)[O-])ccc21. The van der Waals surface area contributed by atoms with Crippen molar-refractivity contribution in [2.24, 2.45) is 0 Å². The van der Waals surface area contributed by atoms with E-state index in [0.717, 1.165) is 5.56 Å². The van der Waals surface area contributed by atoms with Gasteiger partial charge in [0.25, 0.3) is 15.7 Å². The fourth-order valence-electron chi connectivity index (χ4n) is 2.83. The maximum absolute atomic E-state index is 13.0. The quantitative estimate of drug-likeness (QED) is 0.384. The lowest BCUT2D eigenvalue weighted by atomic mass is 10.2. The number of hydrogen-bond donors (Lipinski definition) is 1. The molecule has 0 aliphatic heterocycles. The van der Waals surface area contributed by atoms with E-state index in [0.29, 0.717) is 11.2 Å². The number of rotatable bonds is 6. The number of esters is 1. The van der Waals surface area contributed by atoms with E-state index < -0.39 is 20.9 Å². The Morgan fingerprint density at radius 1 is 1.25 bits per heavy atom. The topological polar surface area (TPSA) is 121 Å². The normalized spacial score (nSPS) is 11.4. The van der Waals surface area contributed by atoms with Crippen LogP contribution in [0.25, 0.3) is 10.9 Å². The molecule has 0 fully saturated rings. The van der Waals surface area contributed by atoms with Crippen LogP contribution in [0.2, 0.25) is 0 Å². The van der Waals surface area contributed by atoms with Crippen LogP contribution in [0.5, 0.6) is 0 Å². The third kappa shape index (κ3) is 3.81. The molecule has 2 aromatic carbocycles. The number of carbonyl (C=O) groups excluding carboxylic acids is 1. The second kappa shape index (κ2) is 7.31. The van der Waals surface area contributed by atoms with Crippen LogP contribution < -0.4 is 4.72 Å². The van der Waals surface area contributed by atoms with Gasteiger partial charge in [-0.25, -0.2) is 8.42 Å². The first-order valence-electron chi connectivity index (χ1n) is 8.15. The monoisotopic (exact) mass is 403 g/mol. The Hall–Kier alpha value is -3.40. The van der Waals surface area contributed by atoms with Gasteiger partial charge in [0.05, 0.1) is 17.5 Å². The highest BCUT2D eigenvalue weighted by atomic mass is 32.2. The zero-order valence-corrected chi connectivity index (χ0v) is 15.9. The third-order valence-corrected chi connectivity index (χ3v) is 5.53. The van der Waals surface area contributed by atoms with Crippen LogP contribution in [-0.2, 0) is 26.1 Å². The maximum atomic E-state index is 13.0. The van der Waals surface area contributed by atoms with E-state index in [-0.39, 0.29) is 22.5 Å². The van der Waals surface area contributed by atoms with Gasteiger partial charge in [-0.05, 0) is 30.7 Å². The van der Waals surface area contributed by atoms with Crippen molar-refractivity contribution in [1.29, 1.82) is 0 Å². The Bertz CT molecular complexity index is 1180. The number of methoxy groups -OCH3 is 1. The van der Waals surface area contributed by atoms with Gasteiger partial charge in [-0.15, -0.1) is 0 Å². The van der Waals surface area contributed by atoms with Crippen LogP contribution >= 0.6 is 0 Å².